The Bertz CT molecular complexity index is 1000. The predicted molar refractivity (Wildman–Crippen MR) is 94.5 cm³/mol. The lowest BCUT2D eigenvalue weighted by Crippen LogP contribution is -2.32. The van der Waals surface area contributed by atoms with Crippen LogP contribution in [0.5, 0.6) is 5.75 Å². The molecule has 0 saturated heterocycles. The Morgan fingerprint density at radius 3 is 2.46 bits per heavy atom. The van der Waals surface area contributed by atoms with Gasteiger partial charge in [0, 0.05) is 18.4 Å². The lowest BCUT2D eigenvalue weighted by Gasteiger charge is -2.13. The number of carboxylic acid groups (broad SMARTS) is 1. The molecule has 0 aromatic heterocycles. The predicted octanol–water partition coefficient (Wildman–Crippen LogP) is 0.953. The number of hydrogen-bond donors (Lipinski definition) is 2. The number of nitrogens with zero attached hydrogens (tertiary/aromatic N) is 1. The fraction of sp³-hybridized carbons (Fsp3) is 0.158. The molecule has 0 unspecified atom stereocenters. The minimum atomic E-state index is -1.36. The van der Waals surface area contributed by atoms with Crippen LogP contribution in [-0.4, -0.2) is 54.0 Å². The zero-order valence-corrected chi connectivity index (χ0v) is 14.7. The average Bonchev–Trinajstić information content (AvgIpc) is 2.89. The molecule has 1 heterocycles. The minimum Gasteiger partial charge on any atom is -0.872 e. The fourth-order valence-corrected chi connectivity index (χ4v) is 2.80. The molecule has 0 spiro atoms. The van der Waals surface area contributed by atoms with Crippen LogP contribution in [0.1, 0.15) is 41.4 Å². The largest absolute Gasteiger partial charge is 0.872 e. The van der Waals surface area contributed by atoms with Gasteiger partial charge in [-0.2, -0.15) is 0 Å². The highest BCUT2D eigenvalue weighted by atomic mass is 16.5. The molecule has 0 saturated carbocycles. The van der Waals surface area contributed by atoms with Gasteiger partial charge >= 0.3 is 5.97 Å². The summed E-state index contributed by atoms with van der Waals surface area (Å²) in [5, 5.41) is 23.1. The summed E-state index contributed by atoms with van der Waals surface area (Å²) >= 11 is 0. The number of rotatable bonds is 6. The van der Waals surface area contributed by atoms with Crippen molar-refractivity contribution >= 4 is 29.4 Å². The molecule has 0 radical (unpaired) electrons. The van der Waals surface area contributed by atoms with E-state index in [-0.39, 0.29) is 35.5 Å². The molecule has 1 aliphatic heterocycles. The van der Waals surface area contributed by atoms with E-state index >= 15 is 0 Å². The lowest BCUT2D eigenvalue weighted by molar-refractivity contribution is -0.268. The maximum atomic E-state index is 12.4. The molecule has 0 bridgehead atoms. The molecule has 2 N–H and O–H groups in total. The van der Waals surface area contributed by atoms with Crippen LogP contribution in [0, 0.1) is 0 Å². The van der Waals surface area contributed by atoms with Gasteiger partial charge in [-0.25, -0.2) is 4.79 Å². The van der Waals surface area contributed by atoms with Crippen molar-refractivity contribution in [1.29, 1.82) is 0 Å². The third kappa shape index (κ3) is 3.42. The summed E-state index contributed by atoms with van der Waals surface area (Å²) < 4.78 is 4.89. The molecule has 9 nitrogen and oxygen atoms in total. The number of amides is 3. The highest BCUT2D eigenvalue weighted by Crippen LogP contribution is 2.25. The maximum absolute atomic E-state index is 12.4. The van der Waals surface area contributed by atoms with E-state index in [0.29, 0.717) is 0 Å². The number of methoxy groups -OCH3 is 1. The molecule has 2 aromatic carbocycles. The van der Waals surface area contributed by atoms with E-state index in [1.807, 2.05) is 0 Å². The van der Waals surface area contributed by atoms with Crippen molar-refractivity contribution in [2.75, 3.05) is 25.6 Å². The highest BCUT2D eigenvalue weighted by molar-refractivity contribution is 6.22. The Morgan fingerprint density at radius 2 is 1.82 bits per heavy atom. The molecular formula is C19H15N2O7-. The van der Waals surface area contributed by atoms with Crippen LogP contribution < -0.4 is 10.4 Å². The van der Waals surface area contributed by atoms with Gasteiger partial charge in [0.15, 0.2) is 0 Å². The standard InChI is InChI=1S/C19H16N2O7/c1-28-7-6-21-17(24)12-4-2-10(8-14(12)18(21)25)16(23)20-11-3-5-13(19(26)27)15(22)9-11/h2-5,8-9,22H,6-7H2,1H3,(H,20,23)(H,26,27)/p-1. The van der Waals surface area contributed by atoms with Gasteiger partial charge in [-0.15, -0.1) is 0 Å². The Labute approximate surface area is 159 Å². The molecular weight excluding hydrogens is 368 g/mol. The van der Waals surface area contributed by atoms with E-state index in [9.17, 15) is 24.3 Å². The molecule has 0 aliphatic carbocycles. The normalized spacial score (nSPS) is 12.8. The number of ether oxygens (including phenoxy) is 1. The number of carboxylic acids is 1. The van der Waals surface area contributed by atoms with E-state index < -0.39 is 35.0 Å². The Balaban J connectivity index is 1.81. The first-order chi connectivity index (χ1) is 13.3. The van der Waals surface area contributed by atoms with Gasteiger partial charge in [0.2, 0.25) is 0 Å². The second-order valence-corrected chi connectivity index (χ2v) is 5.99. The summed E-state index contributed by atoms with van der Waals surface area (Å²) in [7, 11) is 1.46. The summed E-state index contributed by atoms with van der Waals surface area (Å²) in [6.07, 6.45) is 0. The van der Waals surface area contributed by atoms with Gasteiger partial charge < -0.3 is 20.3 Å². The molecule has 144 valence electrons. The van der Waals surface area contributed by atoms with Gasteiger partial charge in [-0.3, -0.25) is 19.3 Å². The smallest absolute Gasteiger partial charge is 0.335 e. The number of hydrogen-bond acceptors (Lipinski definition) is 6. The summed E-state index contributed by atoms with van der Waals surface area (Å²) in [5.41, 5.74) is 0.133. The van der Waals surface area contributed by atoms with Crippen molar-refractivity contribution in [2.45, 2.75) is 0 Å². The monoisotopic (exact) mass is 383 g/mol. The minimum absolute atomic E-state index is 0.104. The van der Waals surface area contributed by atoms with Crippen molar-refractivity contribution in [3.63, 3.8) is 0 Å². The summed E-state index contributed by atoms with van der Waals surface area (Å²) in [6.45, 7) is 0.301. The molecule has 1 aliphatic rings. The van der Waals surface area contributed by atoms with Gasteiger partial charge in [0.1, 0.15) is 0 Å². The number of carbonyl (C=O) groups excluding carboxylic acids is 3. The van der Waals surface area contributed by atoms with Crippen molar-refractivity contribution in [3.8, 4) is 5.75 Å². The number of anilines is 1. The molecule has 2 aromatic rings. The molecule has 3 amide bonds. The Hall–Kier alpha value is -3.72. The molecule has 3 rings (SSSR count). The second-order valence-electron chi connectivity index (χ2n) is 5.99. The van der Waals surface area contributed by atoms with Crippen LogP contribution in [0.25, 0.3) is 0 Å². The van der Waals surface area contributed by atoms with Crippen molar-refractivity contribution in [1.82, 2.24) is 4.90 Å². The van der Waals surface area contributed by atoms with E-state index in [4.69, 9.17) is 9.84 Å². The van der Waals surface area contributed by atoms with Crippen LogP contribution in [-0.2, 0) is 4.74 Å². The summed E-state index contributed by atoms with van der Waals surface area (Å²) in [5.74, 6) is -3.68. The van der Waals surface area contributed by atoms with E-state index in [2.05, 4.69) is 5.32 Å². The van der Waals surface area contributed by atoms with Crippen LogP contribution >= 0.6 is 0 Å². The first-order valence-corrected chi connectivity index (χ1v) is 8.18. The first kappa shape index (κ1) is 19.1. The van der Waals surface area contributed by atoms with Crippen LogP contribution in [0.3, 0.4) is 0 Å². The van der Waals surface area contributed by atoms with E-state index in [1.54, 1.807) is 0 Å². The second kappa shape index (κ2) is 7.49. The van der Waals surface area contributed by atoms with E-state index in [1.165, 1.54) is 31.4 Å². The zero-order chi connectivity index (χ0) is 20.4. The fourth-order valence-electron chi connectivity index (χ4n) is 2.80. The number of imide groups is 1. The lowest BCUT2D eigenvalue weighted by atomic mass is 10.1. The quantitative estimate of drug-likeness (QED) is 0.709. The number of benzene rings is 2. The summed E-state index contributed by atoms with van der Waals surface area (Å²) in [4.78, 5) is 49.0. The van der Waals surface area contributed by atoms with Gasteiger partial charge in [0.25, 0.3) is 17.7 Å². The summed E-state index contributed by atoms with van der Waals surface area (Å²) in [6, 6.07) is 7.47. The van der Waals surface area contributed by atoms with Crippen molar-refractivity contribution in [3.05, 3.63) is 58.7 Å². The topological polar surface area (TPSA) is 136 Å². The van der Waals surface area contributed by atoms with Crippen molar-refractivity contribution < 1.29 is 34.1 Å². The first-order valence-electron chi connectivity index (χ1n) is 8.18. The van der Waals surface area contributed by atoms with Crippen LogP contribution in [0.4, 0.5) is 5.69 Å². The third-order valence-corrected chi connectivity index (χ3v) is 4.22. The number of carbonyl (C=O) groups is 4. The molecule has 0 fully saturated rings. The van der Waals surface area contributed by atoms with E-state index in [0.717, 1.165) is 17.0 Å². The van der Waals surface area contributed by atoms with Gasteiger partial charge in [0.05, 0.1) is 29.8 Å². The Kier molecular flexibility index (Phi) is 5.10. The highest BCUT2D eigenvalue weighted by Gasteiger charge is 2.35. The number of fused-ring (bicyclic) bond motifs is 1. The van der Waals surface area contributed by atoms with Crippen LogP contribution in [0.15, 0.2) is 36.4 Å². The number of aromatic carboxylic acids is 1. The molecule has 9 heteroatoms. The number of nitrogens with one attached hydrogen (secondary N) is 1. The van der Waals surface area contributed by atoms with Gasteiger partial charge in [-0.05, 0) is 36.4 Å². The third-order valence-electron chi connectivity index (χ3n) is 4.22. The average molecular weight is 383 g/mol. The molecule has 28 heavy (non-hydrogen) atoms. The Morgan fingerprint density at radius 1 is 1.11 bits per heavy atom. The maximum Gasteiger partial charge on any atom is 0.335 e. The zero-order valence-electron chi connectivity index (χ0n) is 14.7. The van der Waals surface area contributed by atoms with Crippen LogP contribution in [0.2, 0.25) is 0 Å². The van der Waals surface area contributed by atoms with Gasteiger partial charge in [-0.1, -0.05) is 5.75 Å². The van der Waals surface area contributed by atoms with Crippen molar-refractivity contribution in [2.24, 2.45) is 0 Å². The SMILES string of the molecule is COCCN1C(=O)c2ccc(C(=O)Nc3ccc(C(=O)O)c([O-])c3)cc2C1=O. The molecule has 0 atom stereocenters.